The quantitative estimate of drug-likeness (QED) is 0.0842. The fraction of sp³-hybridized carbons (Fsp3) is 0.477. The van der Waals surface area contributed by atoms with E-state index in [0.717, 1.165) is 65.1 Å². The number of aliphatic hydroxyl groups excluding tert-OH is 1. The zero-order valence-corrected chi connectivity index (χ0v) is 37.0. The Hall–Kier alpha value is -2.90. The summed E-state index contributed by atoms with van der Waals surface area (Å²) in [5.74, 6) is 0.920. The van der Waals surface area contributed by atoms with Crippen molar-refractivity contribution >= 4 is 70.7 Å². The number of hydrogen-bond donors (Lipinski definition) is 1. The van der Waals surface area contributed by atoms with Crippen molar-refractivity contribution < 1.29 is 34.4 Å². The van der Waals surface area contributed by atoms with Gasteiger partial charge in [-0.25, -0.2) is 4.98 Å². The molecule has 0 saturated heterocycles. The van der Waals surface area contributed by atoms with Gasteiger partial charge in [0.25, 0.3) is 0 Å². The normalized spacial score (nSPS) is 12.9. The van der Waals surface area contributed by atoms with Crippen LogP contribution in [0.5, 0.6) is 0 Å². The number of nitrogens with zero attached hydrogens (tertiary/aromatic N) is 2. The van der Waals surface area contributed by atoms with Gasteiger partial charge in [-0.3, -0.25) is 9.78 Å². The summed E-state index contributed by atoms with van der Waals surface area (Å²) in [6.45, 7) is 25.7. The van der Waals surface area contributed by atoms with Crippen molar-refractivity contribution in [3.05, 3.63) is 69.9 Å². The number of carbonyl (C=O) groups is 1. The molecule has 0 saturated carbocycles. The molecule has 52 heavy (non-hydrogen) atoms. The average molecular weight is 916 g/mol. The number of rotatable bonds is 10. The Morgan fingerprint density at radius 2 is 1.62 bits per heavy atom. The number of ketones is 1. The van der Waals surface area contributed by atoms with Crippen LogP contribution in [-0.4, -0.2) is 20.9 Å². The van der Waals surface area contributed by atoms with Gasteiger partial charge in [0.1, 0.15) is 17.7 Å². The van der Waals surface area contributed by atoms with Crippen LogP contribution >= 0.6 is 22.7 Å². The average Bonchev–Trinajstić information content (AvgIpc) is 3.80. The van der Waals surface area contributed by atoms with Crippen LogP contribution < -0.4 is 0 Å². The molecule has 2 aromatic carbocycles. The molecule has 4 aromatic heterocycles. The van der Waals surface area contributed by atoms with E-state index in [0.29, 0.717) is 11.6 Å². The van der Waals surface area contributed by atoms with Crippen LogP contribution in [0.2, 0.25) is 0 Å². The Labute approximate surface area is 331 Å². The van der Waals surface area contributed by atoms with Gasteiger partial charge in [-0.1, -0.05) is 87.3 Å². The second-order valence-corrected chi connectivity index (χ2v) is 18.1. The second kappa shape index (κ2) is 16.2. The molecule has 4 heterocycles. The van der Waals surface area contributed by atoms with Crippen molar-refractivity contribution in [2.24, 2.45) is 16.7 Å². The first-order chi connectivity index (χ1) is 24.0. The molecule has 0 bridgehead atoms. The van der Waals surface area contributed by atoms with Gasteiger partial charge < -0.3 is 9.52 Å². The van der Waals surface area contributed by atoms with Gasteiger partial charge >= 0.3 is 0 Å². The summed E-state index contributed by atoms with van der Waals surface area (Å²) in [7, 11) is 0. The van der Waals surface area contributed by atoms with Crippen molar-refractivity contribution in [1.29, 1.82) is 0 Å². The zero-order valence-electron chi connectivity index (χ0n) is 33.0. The van der Waals surface area contributed by atoms with Crippen LogP contribution in [-0.2, 0) is 36.7 Å². The van der Waals surface area contributed by atoms with E-state index in [2.05, 4.69) is 82.2 Å². The molecule has 0 spiro atoms. The van der Waals surface area contributed by atoms with E-state index >= 15 is 0 Å². The largest absolute Gasteiger partial charge is 0.512 e. The maximum atomic E-state index is 12.2. The van der Waals surface area contributed by atoms with Crippen molar-refractivity contribution in [3.63, 3.8) is 0 Å². The molecule has 1 N–H and O–H groups in total. The van der Waals surface area contributed by atoms with E-state index in [1.54, 1.807) is 17.7 Å². The first kappa shape index (κ1) is 41.8. The number of hydrogen-bond acceptors (Lipinski definition) is 7. The molecule has 0 amide bonds. The molecular weight excluding hydrogens is 861 g/mol. The molecule has 6 rings (SSSR count). The number of aromatic nitrogens is 2. The van der Waals surface area contributed by atoms with Crippen LogP contribution in [0.4, 0.5) is 0 Å². The van der Waals surface area contributed by atoms with Crippen LogP contribution in [0.25, 0.3) is 53.5 Å². The number of aliphatic hydroxyl groups is 1. The molecule has 1 radical (unpaired) electrons. The van der Waals surface area contributed by atoms with Crippen molar-refractivity contribution in [2.75, 3.05) is 0 Å². The molecule has 5 nitrogen and oxygen atoms in total. The predicted molar refractivity (Wildman–Crippen MR) is 219 cm³/mol. The summed E-state index contributed by atoms with van der Waals surface area (Å²) in [6, 6.07) is 12.5. The van der Waals surface area contributed by atoms with Gasteiger partial charge in [-0.15, -0.1) is 34.9 Å². The standard InChI is InChI=1S/C29H27N2OS2.C15H28O2.Ir/c1-15(2)9-23-16(3)19-12-20-22(13-24(19)34-23)32-28-25(20)26(30-14-31-28)18-10-17-7-8-33-27(17)21(11-18)29(4,5)6;1-7-14(5,8-2)12(16)11-13(17)15(6,9-3)10-4;/h7-8,11-15H,9H2,1-6H3;11,16H,7-10H2,1-6H3;/q-1;;/b;12-11-;. The summed E-state index contributed by atoms with van der Waals surface area (Å²) >= 11 is 3.66. The third-order valence-electron chi connectivity index (χ3n) is 11.2. The minimum Gasteiger partial charge on any atom is -0.512 e. The van der Waals surface area contributed by atoms with Gasteiger partial charge in [0.05, 0.1) is 0 Å². The molecule has 0 fully saturated rings. The number of carbonyl (C=O) groups excluding carboxylic acids is 1. The molecule has 0 aliphatic carbocycles. The summed E-state index contributed by atoms with van der Waals surface area (Å²) in [4.78, 5) is 22.9. The minimum atomic E-state index is -0.337. The van der Waals surface area contributed by atoms with Crippen LogP contribution in [0, 0.1) is 29.7 Å². The first-order valence-corrected chi connectivity index (χ1v) is 20.2. The van der Waals surface area contributed by atoms with E-state index in [1.165, 1.54) is 36.9 Å². The third kappa shape index (κ3) is 8.11. The number of thiophene rings is 2. The van der Waals surface area contributed by atoms with Gasteiger partial charge in [0.2, 0.25) is 5.71 Å². The minimum absolute atomic E-state index is 0. The van der Waals surface area contributed by atoms with Crippen molar-refractivity contribution in [2.45, 2.75) is 121 Å². The number of furan rings is 1. The maximum Gasteiger partial charge on any atom is 0.223 e. The molecule has 0 atom stereocenters. The Kier molecular flexibility index (Phi) is 13.1. The van der Waals surface area contributed by atoms with Crippen LogP contribution in [0.15, 0.2) is 52.2 Å². The fourth-order valence-electron chi connectivity index (χ4n) is 6.52. The Morgan fingerprint density at radius 1 is 0.962 bits per heavy atom. The van der Waals surface area contributed by atoms with Crippen LogP contribution in [0.1, 0.15) is 118 Å². The Balaban J connectivity index is 0.000000289. The van der Waals surface area contributed by atoms with E-state index in [4.69, 9.17) is 9.40 Å². The van der Waals surface area contributed by atoms with Gasteiger partial charge in [-0.2, -0.15) is 11.3 Å². The zero-order chi connectivity index (χ0) is 37.5. The van der Waals surface area contributed by atoms with Gasteiger partial charge in [-0.05, 0) is 83.5 Å². The van der Waals surface area contributed by atoms with Crippen molar-refractivity contribution in [1.82, 2.24) is 9.97 Å². The molecule has 281 valence electrons. The van der Waals surface area contributed by atoms with E-state index in [-0.39, 0.29) is 47.9 Å². The smallest absolute Gasteiger partial charge is 0.223 e. The number of allylic oxidation sites excluding steroid dienone is 2. The van der Waals surface area contributed by atoms with Crippen molar-refractivity contribution in [3.8, 4) is 11.3 Å². The van der Waals surface area contributed by atoms with E-state index in [1.807, 2.05) is 52.9 Å². The molecule has 0 aliphatic rings. The summed E-state index contributed by atoms with van der Waals surface area (Å²) in [5, 5.41) is 16.8. The summed E-state index contributed by atoms with van der Waals surface area (Å²) in [5.41, 5.74) is 5.50. The van der Waals surface area contributed by atoms with E-state index in [9.17, 15) is 9.90 Å². The molecule has 0 unspecified atom stereocenters. The van der Waals surface area contributed by atoms with Gasteiger partial charge in [0, 0.05) is 63.1 Å². The SMILES string of the molecule is CCC(C)(CC)C(=O)/C=C(\O)C(C)(CC)CC.Cc1c(CC(C)C)sc2cc3oc4ncnc(-c5[c-]c6ccsc6c(C(C)(C)C)c5)c4c3cc12.[Ir]. The molecule has 8 heteroatoms. The first-order valence-electron chi connectivity index (χ1n) is 18.5. The third-order valence-corrected chi connectivity index (χ3v) is 13.4. The molecule has 6 aromatic rings. The fourth-order valence-corrected chi connectivity index (χ4v) is 9.03. The van der Waals surface area contributed by atoms with Gasteiger partial charge in [0.15, 0.2) is 5.78 Å². The number of benzene rings is 2. The molecular formula is C44H55IrN2O3S2-. The number of fused-ring (bicyclic) bond motifs is 5. The monoisotopic (exact) mass is 916 g/mol. The number of aryl methyl sites for hydroxylation is 1. The van der Waals surface area contributed by atoms with Crippen LogP contribution in [0.3, 0.4) is 0 Å². The Bertz CT molecular complexity index is 2220. The maximum absolute atomic E-state index is 12.2. The topological polar surface area (TPSA) is 76.2 Å². The predicted octanol–water partition coefficient (Wildman–Crippen LogP) is 13.7. The van der Waals surface area contributed by atoms with E-state index < -0.39 is 0 Å². The Morgan fingerprint density at radius 3 is 2.21 bits per heavy atom. The summed E-state index contributed by atoms with van der Waals surface area (Å²) < 4.78 is 8.84. The second-order valence-electron chi connectivity index (χ2n) is 16.0. The summed E-state index contributed by atoms with van der Waals surface area (Å²) in [6.07, 6.45) is 7.47. The molecule has 0 aliphatic heterocycles.